The van der Waals surface area contributed by atoms with Crippen molar-refractivity contribution in [2.45, 2.75) is 6.92 Å². The minimum Gasteiger partial charge on any atom is -0.481 e. The van der Waals surface area contributed by atoms with Crippen molar-refractivity contribution < 1.29 is 9.53 Å². The molecule has 0 aromatic carbocycles. The number of hydrogen-bond acceptors (Lipinski definition) is 5. The predicted octanol–water partition coefficient (Wildman–Crippen LogP) is 3.27. The Morgan fingerprint density at radius 2 is 2.00 bits per heavy atom. The second-order valence-electron chi connectivity index (χ2n) is 5.36. The van der Waals surface area contributed by atoms with Crippen molar-refractivity contribution in [2.24, 2.45) is 5.73 Å². The highest BCUT2D eigenvalue weighted by Crippen LogP contribution is 2.34. The zero-order chi connectivity index (χ0) is 18.0. The van der Waals surface area contributed by atoms with E-state index in [1.807, 2.05) is 13.0 Å². The number of carbonyl (C=O) groups excluding carboxylic acids is 1. The number of aryl methyl sites for hydroxylation is 1. The standard InChI is InChI=1S/C18H15ClN4O2/c1-10-5-6-21-17(13-4-3-12(19)9-22-13)16(10)11-7-14(18(20)24)23-15(8-11)25-2/h3-9H,1-2H3,(H2,20,24). The first kappa shape index (κ1) is 16.9. The lowest BCUT2D eigenvalue weighted by Gasteiger charge is -2.13. The van der Waals surface area contributed by atoms with E-state index in [9.17, 15) is 4.79 Å². The van der Waals surface area contributed by atoms with Crippen LogP contribution in [0.15, 0.2) is 42.7 Å². The summed E-state index contributed by atoms with van der Waals surface area (Å²) in [5.41, 5.74) is 9.34. The Morgan fingerprint density at radius 3 is 2.64 bits per heavy atom. The van der Waals surface area contributed by atoms with Crippen LogP contribution >= 0.6 is 11.6 Å². The number of pyridine rings is 3. The van der Waals surface area contributed by atoms with Gasteiger partial charge in [0.1, 0.15) is 5.69 Å². The Hall–Kier alpha value is -2.99. The molecule has 3 heterocycles. The topological polar surface area (TPSA) is 91.0 Å². The van der Waals surface area contributed by atoms with Gasteiger partial charge in [-0.2, -0.15) is 0 Å². The lowest BCUT2D eigenvalue weighted by molar-refractivity contribution is 0.0995. The second-order valence-corrected chi connectivity index (χ2v) is 5.80. The molecule has 0 fully saturated rings. The van der Waals surface area contributed by atoms with Gasteiger partial charge in [-0.05, 0) is 42.3 Å². The SMILES string of the molecule is COc1cc(-c2c(C)ccnc2-c2ccc(Cl)cn2)cc(C(N)=O)n1. The maximum absolute atomic E-state index is 11.6. The zero-order valence-electron chi connectivity index (χ0n) is 13.7. The number of ether oxygens (including phenoxy) is 1. The van der Waals surface area contributed by atoms with Crippen molar-refractivity contribution >= 4 is 17.5 Å². The summed E-state index contributed by atoms with van der Waals surface area (Å²) in [6.45, 7) is 1.95. The molecule has 6 nitrogen and oxygen atoms in total. The van der Waals surface area contributed by atoms with Gasteiger partial charge in [0.15, 0.2) is 0 Å². The highest BCUT2D eigenvalue weighted by molar-refractivity contribution is 6.30. The van der Waals surface area contributed by atoms with E-state index < -0.39 is 5.91 Å². The summed E-state index contributed by atoms with van der Waals surface area (Å²) in [5, 5.41) is 0.541. The third kappa shape index (κ3) is 3.44. The summed E-state index contributed by atoms with van der Waals surface area (Å²) in [7, 11) is 1.48. The van der Waals surface area contributed by atoms with Crippen LogP contribution < -0.4 is 10.5 Å². The molecule has 2 N–H and O–H groups in total. The van der Waals surface area contributed by atoms with Gasteiger partial charge < -0.3 is 10.5 Å². The van der Waals surface area contributed by atoms with Gasteiger partial charge in [-0.15, -0.1) is 0 Å². The molecule has 0 aliphatic heterocycles. The lowest BCUT2D eigenvalue weighted by Crippen LogP contribution is -2.13. The quantitative estimate of drug-likeness (QED) is 0.776. The van der Waals surface area contributed by atoms with Gasteiger partial charge in [-0.25, -0.2) is 4.98 Å². The van der Waals surface area contributed by atoms with Crippen LogP contribution in [0.5, 0.6) is 5.88 Å². The highest BCUT2D eigenvalue weighted by atomic mass is 35.5. The average Bonchev–Trinajstić information content (AvgIpc) is 2.61. The van der Waals surface area contributed by atoms with Crippen molar-refractivity contribution in [1.29, 1.82) is 0 Å². The van der Waals surface area contributed by atoms with Gasteiger partial charge in [0.25, 0.3) is 5.91 Å². The molecule has 0 unspecified atom stereocenters. The molecule has 126 valence electrons. The Kier molecular flexibility index (Phi) is 4.63. The van der Waals surface area contributed by atoms with E-state index in [4.69, 9.17) is 22.1 Å². The fraction of sp³-hybridized carbons (Fsp3) is 0.111. The van der Waals surface area contributed by atoms with Gasteiger partial charge in [-0.3, -0.25) is 14.8 Å². The third-order valence-corrected chi connectivity index (χ3v) is 3.91. The van der Waals surface area contributed by atoms with Gasteiger partial charge in [-0.1, -0.05) is 11.6 Å². The van der Waals surface area contributed by atoms with Crippen LogP contribution in [0.25, 0.3) is 22.5 Å². The molecule has 3 rings (SSSR count). The molecule has 0 aliphatic carbocycles. The van der Waals surface area contributed by atoms with Crippen molar-refractivity contribution in [1.82, 2.24) is 15.0 Å². The van der Waals surface area contributed by atoms with E-state index in [2.05, 4.69) is 15.0 Å². The number of nitrogens with two attached hydrogens (primary N) is 1. The smallest absolute Gasteiger partial charge is 0.267 e. The summed E-state index contributed by atoms with van der Waals surface area (Å²) in [4.78, 5) is 24.5. The summed E-state index contributed by atoms with van der Waals surface area (Å²) >= 11 is 5.92. The molecule has 0 atom stereocenters. The maximum Gasteiger partial charge on any atom is 0.267 e. The summed E-state index contributed by atoms with van der Waals surface area (Å²) in [6, 6.07) is 8.77. The van der Waals surface area contributed by atoms with Crippen molar-refractivity contribution in [3.63, 3.8) is 0 Å². The molecule has 1 amide bonds. The highest BCUT2D eigenvalue weighted by Gasteiger charge is 2.16. The van der Waals surface area contributed by atoms with Crippen LogP contribution in [-0.2, 0) is 0 Å². The molecule has 0 radical (unpaired) electrons. The number of halogens is 1. The third-order valence-electron chi connectivity index (χ3n) is 3.68. The number of amides is 1. The van der Waals surface area contributed by atoms with Gasteiger partial charge >= 0.3 is 0 Å². The number of hydrogen-bond donors (Lipinski definition) is 1. The van der Waals surface area contributed by atoms with E-state index in [1.165, 1.54) is 7.11 Å². The monoisotopic (exact) mass is 354 g/mol. The maximum atomic E-state index is 11.6. The molecule has 0 bridgehead atoms. The Bertz CT molecular complexity index is 942. The molecule has 3 aromatic rings. The predicted molar refractivity (Wildman–Crippen MR) is 95.5 cm³/mol. The van der Waals surface area contributed by atoms with E-state index in [0.717, 1.165) is 16.7 Å². The molecule has 0 saturated carbocycles. The van der Waals surface area contributed by atoms with Gasteiger partial charge in [0, 0.05) is 24.0 Å². The van der Waals surface area contributed by atoms with Crippen LogP contribution in [-0.4, -0.2) is 28.0 Å². The van der Waals surface area contributed by atoms with Crippen molar-refractivity contribution in [3.05, 3.63) is 59.0 Å². The molecular formula is C18H15ClN4O2. The van der Waals surface area contributed by atoms with Crippen molar-refractivity contribution in [3.8, 4) is 28.4 Å². The van der Waals surface area contributed by atoms with E-state index in [1.54, 1.807) is 36.7 Å². The fourth-order valence-electron chi connectivity index (χ4n) is 2.51. The van der Waals surface area contributed by atoms with Gasteiger partial charge in [0.2, 0.25) is 5.88 Å². The van der Waals surface area contributed by atoms with Crippen LogP contribution in [0.3, 0.4) is 0 Å². The first-order chi connectivity index (χ1) is 12.0. The largest absolute Gasteiger partial charge is 0.481 e. The average molecular weight is 355 g/mol. The lowest BCUT2D eigenvalue weighted by atomic mass is 9.97. The number of primary amides is 1. The summed E-state index contributed by atoms with van der Waals surface area (Å²) < 4.78 is 5.20. The molecule has 25 heavy (non-hydrogen) atoms. The minimum absolute atomic E-state index is 0.118. The van der Waals surface area contributed by atoms with E-state index in [0.29, 0.717) is 22.3 Å². The van der Waals surface area contributed by atoms with Crippen molar-refractivity contribution in [2.75, 3.05) is 7.11 Å². The van der Waals surface area contributed by atoms with Crippen LogP contribution in [0.2, 0.25) is 5.02 Å². The molecule has 0 spiro atoms. The van der Waals surface area contributed by atoms with Gasteiger partial charge in [0.05, 0.1) is 23.5 Å². The fourth-order valence-corrected chi connectivity index (χ4v) is 2.62. The summed E-state index contributed by atoms with van der Waals surface area (Å²) in [5.74, 6) is -0.336. The Balaban J connectivity index is 2.25. The first-order valence-corrected chi connectivity index (χ1v) is 7.81. The Morgan fingerprint density at radius 1 is 1.20 bits per heavy atom. The van der Waals surface area contributed by atoms with E-state index >= 15 is 0 Å². The Labute approximate surface area is 149 Å². The first-order valence-electron chi connectivity index (χ1n) is 7.43. The minimum atomic E-state index is -0.632. The van der Waals surface area contributed by atoms with Crippen LogP contribution in [0.4, 0.5) is 0 Å². The number of carbonyl (C=O) groups is 1. The number of methoxy groups -OCH3 is 1. The molecule has 0 saturated heterocycles. The van der Waals surface area contributed by atoms with E-state index in [-0.39, 0.29) is 5.69 Å². The zero-order valence-corrected chi connectivity index (χ0v) is 14.4. The molecule has 7 heteroatoms. The summed E-state index contributed by atoms with van der Waals surface area (Å²) in [6.07, 6.45) is 3.27. The number of nitrogens with zero attached hydrogens (tertiary/aromatic N) is 3. The van der Waals surface area contributed by atoms with Crippen LogP contribution in [0.1, 0.15) is 16.1 Å². The molecular weight excluding hydrogens is 340 g/mol. The molecule has 0 aliphatic rings. The normalized spacial score (nSPS) is 10.5. The second kappa shape index (κ2) is 6.86. The molecule has 3 aromatic heterocycles. The van der Waals surface area contributed by atoms with Crippen LogP contribution in [0, 0.1) is 6.92 Å². The number of aromatic nitrogens is 3. The number of rotatable bonds is 4.